The fourth-order valence-corrected chi connectivity index (χ4v) is 2.30. The van der Waals surface area contributed by atoms with Crippen LogP contribution in [-0.2, 0) is 0 Å². The van der Waals surface area contributed by atoms with Gasteiger partial charge in [-0.1, -0.05) is 27.2 Å². The van der Waals surface area contributed by atoms with Gasteiger partial charge in [0.2, 0.25) is 0 Å². The number of hydrogen-bond donors (Lipinski definition) is 1. The van der Waals surface area contributed by atoms with Crippen LogP contribution in [0.15, 0.2) is 0 Å². The van der Waals surface area contributed by atoms with E-state index in [1.807, 2.05) is 0 Å². The van der Waals surface area contributed by atoms with Crippen molar-refractivity contribution < 1.29 is 0 Å². The van der Waals surface area contributed by atoms with Crippen LogP contribution >= 0.6 is 0 Å². The third kappa shape index (κ3) is 4.00. The Morgan fingerprint density at radius 2 is 1.93 bits per heavy atom. The lowest BCUT2D eigenvalue weighted by atomic mass is 9.70. The first-order valence-corrected chi connectivity index (χ1v) is 6.44. The summed E-state index contributed by atoms with van der Waals surface area (Å²) in [5, 5.41) is 3.55. The van der Waals surface area contributed by atoms with Crippen molar-refractivity contribution in [3.8, 4) is 0 Å². The largest absolute Gasteiger partial charge is 0.316 e. The van der Waals surface area contributed by atoms with E-state index in [1.54, 1.807) is 0 Å². The molecule has 2 unspecified atom stereocenters. The molecule has 0 aromatic rings. The first kappa shape index (κ1) is 12.0. The monoisotopic (exact) mass is 197 g/mol. The van der Waals surface area contributed by atoms with Crippen molar-refractivity contribution in [3.63, 3.8) is 0 Å². The van der Waals surface area contributed by atoms with Crippen LogP contribution < -0.4 is 5.32 Å². The van der Waals surface area contributed by atoms with Gasteiger partial charge in [-0.25, -0.2) is 0 Å². The van der Waals surface area contributed by atoms with Gasteiger partial charge < -0.3 is 5.32 Å². The molecule has 0 saturated heterocycles. The molecule has 0 bridgehead atoms. The summed E-state index contributed by atoms with van der Waals surface area (Å²) in [4.78, 5) is 0. The zero-order valence-corrected chi connectivity index (χ0v) is 10.2. The van der Waals surface area contributed by atoms with E-state index < -0.39 is 0 Å². The summed E-state index contributed by atoms with van der Waals surface area (Å²) in [5.41, 5.74) is 0. The van der Waals surface area contributed by atoms with Crippen molar-refractivity contribution in [1.29, 1.82) is 0 Å². The minimum absolute atomic E-state index is 0.889. The van der Waals surface area contributed by atoms with Crippen molar-refractivity contribution in [2.75, 3.05) is 13.1 Å². The summed E-state index contributed by atoms with van der Waals surface area (Å²) in [5.74, 6) is 2.93. The Bertz CT molecular complexity index is 142. The van der Waals surface area contributed by atoms with E-state index in [9.17, 15) is 0 Å². The van der Waals surface area contributed by atoms with E-state index >= 15 is 0 Å². The molecule has 1 rings (SSSR count). The third-order valence-corrected chi connectivity index (χ3v) is 3.52. The third-order valence-electron chi connectivity index (χ3n) is 3.52. The highest BCUT2D eigenvalue weighted by Crippen LogP contribution is 2.37. The summed E-state index contributed by atoms with van der Waals surface area (Å²) in [7, 11) is 0. The van der Waals surface area contributed by atoms with Crippen molar-refractivity contribution in [2.24, 2.45) is 17.8 Å². The Morgan fingerprint density at radius 1 is 1.21 bits per heavy atom. The van der Waals surface area contributed by atoms with Gasteiger partial charge in [-0.15, -0.1) is 0 Å². The zero-order valence-electron chi connectivity index (χ0n) is 10.2. The lowest BCUT2D eigenvalue weighted by molar-refractivity contribution is 0.152. The predicted molar refractivity (Wildman–Crippen MR) is 63.4 cm³/mol. The first-order valence-electron chi connectivity index (χ1n) is 6.44. The second-order valence-corrected chi connectivity index (χ2v) is 5.27. The van der Waals surface area contributed by atoms with E-state index in [4.69, 9.17) is 0 Å². The van der Waals surface area contributed by atoms with Crippen LogP contribution in [0.1, 0.15) is 52.9 Å². The molecule has 2 atom stereocenters. The normalized spacial score (nSPS) is 26.6. The number of nitrogens with one attached hydrogen (secondary N) is 1. The van der Waals surface area contributed by atoms with Gasteiger partial charge in [0.25, 0.3) is 0 Å². The van der Waals surface area contributed by atoms with Gasteiger partial charge in [-0.3, -0.25) is 0 Å². The van der Waals surface area contributed by atoms with Crippen LogP contribution in [0.25, 0.3) is 0 Å². The van der Waals surface area contributed by atoms with Crippen LogP contribution in [0.5, 0.6) is 0 Å². The van der Waals surface area contributed by atoms with Gasteiger partial charge in [0.05, 0.1) is 0 Å². The molecule has 1 heteroatoms. The van der Waals surface area contributed by atoms with Crippen LogP contribution in [0.2, 0.25) is 0 Å². The van der Waals surface area contributed by atoms with Crippen LogP contribution in [0.3, 0.4) is 0 Å². The lowest BCUT2D eigenvalue weighted by Crippen LogP contribution is -2.35. The molecule has 1 N–H and O–H groups in total. The van der Waals surface area contributed by atoms with E-state index in [0.717, 1.165) is 17.8 Å². The molecule has 1 nitrogen and oxygen atoms in total. The Balaban J connectivity index is 2.03. The molecular formula is C13H27N. The average Bonchev–Trinajstić information content (AvgIpc) is 2.10. The molecular weight excluding hydrogens is 170 g/mol. The van der Waals surface area contributed by atoms with Crippen LogP contribution in [-0.4, -0.2) is 13.1 Å². The van der Waals surface area contributed by atoms with Crippen LogP contribution in [0.4, 0.5) is 0 Å². The van der Waals surface area contributed by atoms with Crippen molar-refractivity contribution in [3.05, 3.63) is 0 Å². The Hall–Kier alpha value is -0.0400. The molecule has 0 aromatic carbocycles. The molecule has 1 aliphatic rings. The fourth-order valence-electron chi connectivity index (χ4n) is 2.30. The maximum absolute atomic E-state index is 3.55. The smallest absolute Gasteiger partial charge is 0.00179 e. The summed E-state index contributed by atoms with van der Waals surface area (Å²) < 4.78 is 0. The van der Waals surface area contributed by atoms with Gasteiger partial charge in [-0.2, -0.15) is 0 Å². The minimum Gasteiger partial charge on any atom is -0.316 e. The first-order chi connectivity index (χ1) is 6.74. The van der Waals surface area contributed by atoms with Gasteiger partial charge in [0.1, 0.15) is 0 Å². The minimum atomic E-state index is 0.889. The quantitative estimate of drug-likeness (QED) is 0.616. The van der Waals surface area contributed by atoms with E-state index in [0.29, 0.717) is 0 Å². The molecule has 1 aliphatic carbocycles. The van der Waals surface area contributed by atoms with E-state index in [-0.39, 0.29) is 0 Å². The Morgan fingerprint density at radius 3 is 2.43 bits per heavy atom. The van der Waals surface area contributed by atoms with E-state index in [2.05, 4.69) is 26.1 Å². The summed E-state index contributed by atoms with van der Waals surface area (Å²) in [6.45, 7) is 9.39. The molecule has 0 spiro atoms. The maximum atomic E-state index is 3.55. The highest BCUT2D eigenvalue weighted by atomic mass is 14.9. The Labute approximate surface area is 89.7 Å². The molecule has 1 saturated carbocycles. The molecule has 0 radical (unpaired) electrons. The lowest BCUT2D eigenvalue weighted by Gasteiger charge is -2.37. The molecule has 14 heavy (non-hydrogen) atoms. The average molecular weight is 197 g/mol. The second-order valence-electron chi connectivity index (χ2n) is 5.27. The second kappa shape index (κ2) is 6.44. The molecule has 0 aromatic heterocycles. The summed E-state index contributed by atoms with van der Waals surface area (Å²) >= 11 is 0. The van der Waals surface area contributed by atoms with Gasteiger partial charge in [0.15, 0.2) is 0 Å². The molecule has 0 heterocycles. The van der Waals surface area contributed by atoms with Crippen LogP contribution in [0, 0.1) is 17.8 Å². The van der Waals surface area contributed by atoms with E-state index in [1.165, 1.54) is 45.2 Å². The highest BCUT2D eigenvalue weighted by molar-refractivity contribution is 4.82. The number of rotatable bonds is 7. The zero-order chi connectivity index (χ0) is 10.4. The summed E-state index contributed by atoms with van der Waals surface area (Å²) in [6.07, 6.45) is 7.12. The SMILES string of the molecule is CCCNCC1CCC1CCC(C)C. The highest BCUT2D eigenvalue weighted by Gasteiger charge is 2.29. The molecule has 0 aliphatic heterocycles. The Kier molecular flexibility index (Phi) is 5.54. The fraction of sp³-hybridized carbons (Fsp3) is 1.00. The topological polar surface area (TPSA) is 12.0 Å². The van der Waals surface area contributed by atoms with Gasteiger partial charge in [-0.05, 0) is 56.5 Å². The molecule has 1 fully saturated rings. The van der Waals surface area contributed by atoms with Gasteiger partial charge >= 0.3 is 0 Å². The molecule has 0 amide bonds. The standard InChI is InChI=1S/C13H27N/c1-4-9-14-10-13-8-7-12(13)6-5-11(2)3/h11-14H,4-10H2,1-3H3. The maximum Gasteiger partial charge on any atom is -0.00179 e. The predicted octanol–water partition coefficient (Wildman–Crippen LogP) is 3.45. The van der Waals surface area contributed by atoms with Crippen molar-refractivity contribution in [1.82, 2.24) is 5.32 Å². The number of hydrogen-bond acceptors (Lipinski definition) is 1. The van der Waals surface area contributed by atoms with Crippen molar-refractivity contribution >= 4 is 0 Å². The van der Waals surface area contributed by atoms with Gasteiger partial charge in [0, 0.05) is 0 Å². The summed E-state index contributed by atoms with van der Waals surface area (Å²) in [6, 6.07) is 0. The molecule has 84 valence electrons. The van der Waals surface area contributed by atoms with Crippen molar-refractivity contribution in [2.45, 2.75) is 52.9 Å².